The van der Waals surface area contributed by atoms with Gasteiger partial charge in [0.05, 0.1) is 17.4 Å². The van der Waals surface area contributed by atoms with Crippen molar-refractivity contribution in [1.82, 2.24) is 0 Å². The van der Waals surface area contributed by atoms with Crippen LogP contribution in [0.4, 0.5) is 0 Å². The second-order valence-corrected chi connectivity index (χ2v) is 14.7. The molecule has 4 heteroatoms. The molecule has 0 radical (unpaired) electrons. The smallest absolute Gasteiger partial charge is 0.312 e. The second-order valence-electron chi connectivity index (χ2n) is 14.7. The molecule has 0 bridgehead atoms. The van der Waals surface area contributed by atoms with Gasteiger partial charge < -0.3 is 9.84 Å². The SMILES string of the molecule is C=CCOC(=O)[C@]12CC[C@@H](C(=C)C)[C@@H]1[C@H]1CC[C@@H]3[C@@]4(C)CCC(=O)[C@@](C)(CO)[C@@H]4CC[C@@]3(C)[C@]1(C)CC2. The first kappa shape index (κ1) is 27.2. The maximum absolute atomic E-state index is 13.7. The maximum Gasteiger partial charge on any atom is 0.312 e. The average molecular weight is 511 g/mol. The molecule has 5 aliphatic rings. The zero-order valence-corrected chi connectivity index (χ0v) is 24.0. The molecular weight excluding hydrogens is 460 g/mol. The van der Waals surface area contributed by atoms with Crippen LogP contribution in [0.5, 0.6) is 0 Å². The van der Waals surface area contributed by atoms with Crippen LogP contribution in [-0.2, 0) is 14.3 Å². The van der Waals surface area contributed by atoms with E-state index in [0.717, 1.165) is 57.8 Å². The molecule has 5 saturated carbocycles. The van der Waals surface area contributed by atoms with Gasteiger partial charge in [-0.1, -0.05) is 52.5 Å². The molecular formula is C33H50O4. The maximum atomic E-state index is 13.7. The summed E-state index contributed by atoms with van der Waals surface area (Å²) in [5.74, 6) is 2.17. The number of hydrogen-bond donors (Lipinski definition) is 1. The molecule has 0 spiro atoms. The third-order valence-corrected chi connectivity index (χ3v) is 13.7. The summed E-state index contributed by atoms with van der Waals surface area (Å²) in [7, 11) is 0. The number of ketones is 1. The van der Waals surface area contributed by atoms with E-state index in [4.69, 9.17) is 4.74 Å². The molecule has 0 unspecified atom stereocenters. The topological polar surface area (TPSA) is 63.6 Å². The van der Waals surface area contributed by atoms with Gasteiger partial charge >= 0.3 is 5.97 Å². The number of aliphatic hydroxyl groups excluding tert-OH is 1. The molecule has 5 aliphatic carbocycles. The van der Waals surface area contributed by atoms with Crippen LogP contribution >= 0.6 is 0 Å². The monoisotopic (exact) mass is 510 g/mol. The van der Waals surface area contributed by atoms with E-state index in [9.17, 15) is 14.7 Å². The lowest BCUT2D eigenvalue weighted by Crippen LogP contribution is -2.67. The van der Waals surface area contributed by atoms with Gasteiger partial charge in [-0.15, -0.1) is 0 Å². The summed E-state index contributed by atoms with van der Waals surface area (Å²) in [6.45, 7) is 20.2. The summed E-state index contributed by atoms with van der Waals surface area (Å²) >= 11 is 0. The Labute approximate surface area is 224 Å². The Morgan fingerprint density at radius 3 is 2.38 bits per heavy atom. The number of hydrogen-bond acceptors (Lipinski definition) is 4. The summed E-state index contributed by atoms with van der Waals surface area (Å²) in [5, 5.41) is 10.4. The molecule has 0 aromatic rings. The Bertz CT molecular complexity index is 1000. The van der Waals surface area contributed by atoms with Crippen molar-refractivity contribution in [2.24, 2.45) is 56.7 Å². The van der Waals surface area contributed by atoms with Crippen LogP contribution in [0.3, 0.4) is 0 Å². The Balaban J connectivity index is 1.55. The molecule has 4 nitrogen and oxygen atoms in total. The number of Topliss-reactive ketones (excluding diaryl/α,β-unsaturated/α-hetero) is 1. The molecule has 0 aromatic heterocycles. The molecule has 37 heavy (non-hydrogen) atoms. The second kappa shape index (κ2) is 8.80. The number of esters is 1. The molecule has 10 atom stereocenters. The Morgan fingerprint density at radius 1 is 1.00 bits per heavy atom. The lowest BCUT2D eigenvalue weighted by Gasteiger charge is -2.72. The van der Waals surface area contributed by atoms with E-state index >= 15 is 0 Å². The third kappa shape index (κ3) is 3.36. The average Bonchev–Trinajstić information content (AvgIpc) is 3.27. The Kier molecular flexibility index (Phi) is 6.46. The highest BCUT2D eigenvalue weighted by atomic mass is 16.5. The van der Waals surface area contributed by atoms with Gasteiger partial charge in [0.25, 0.3) is 0 Å². The molecule has 5 fully saturated rings. The number of rotatable bonds is 5. The third-order valence-electron chi connectivity index (χ3n) is 13.7. The number of allylic oxidation sites excluding steroid dienone is 1. The molecule has 5 rings (SSSR count). The van der Waals surface area contributed by atoms with Crippen LogP contribution in [0.25, 0.3) is 0 Å². The van der Waals surface area contributed by atoms with Crippen molar-refractivity contribution < 1.29 is 19.4 Å². The van der Waals surface area contributed by atoms with Crippen LogP contribution in [-0.4, -0.2) is 30.1 Å². The lowest BCUT2D eigenvalue weighted by molar-refractivity contribution is -0.238. The van der Waals surface area contributed by atoms with Gasteiger partial charge in [0, 0.05) is 6.42 Å². The molecule has 206 valence electrons. The molecule has 0 aromatic carbocycles. The molecule has 0 heterocycles. The fourth-order valence-corrected chi connectivity index (χ4v) is 11.6. The van der Waals surface area contributed by atoms with Crippen molar-refractivity contribution in [1.29, 1.82) is 0 Å². The summed E-state index contributed by atoms with van der Waals surface area (Å²) in [5.41, 5.74) is 0.559. The van der Waals surface area contributed by atoms with E-state index < -0.39 is 10.8 Å². The number of carbonyl (C=O) groups excluding carboxylic acids is 2. The van der Waals surface area contributed by atoms with Gasteiger partial charge in [-0.05, 0) is 111 Å². The number of aliphatic hydroxyl groups is 1. The number of fused-ring (bicyclic) bond motifs is 7. The summed E-state index contributed by atoms with van der Waals surface area (Å²) in [4.78, 5) is 26.7. The highest BCUT2D eigenvalue weighted by molar-refractivity contribution is 5.86. The summed E-state index contributed by atoms with van der Waals surface area (Å²) < 4.78 is 5.80. The van der Waals surface area contributed by atoms with Crippen LogP contribution < -0.4 is 0 Å². The van der Waals surface area contributed by atoms with Crippen molar-refractivity contribution in [3.8, 4) is 0 Å². The van der Waals surface area contributed by atoms with Crippen molar-refractivity contribution in [2.45, 2.75) is 98.8 Å². The van der Waals surface area contributed by atoms with Gasteiger partial charge in [-0.3, -0.25) is 9.59 Å². The fraction of sp³-hybridized carbons (Fsp3) is 0.818. The standard InChI is InChI=1S/C33H50O4/c1-8-19-37-28(36)33-16-11-22(21(2)3)27(33)23-9-10-25-29(4)14-13-26(35)30(5,20-34)24(29)12-15-32(25,7)31(23,6)17-18-33/h8,22-25,27,34H,1-2,9-20H2,3-7H3/t22-,23+,24+,25+,27+,29-,30-,31+,32+,33-/m0/s1. The largest absolute Gasteiger partial charge is 0.461 e. The van der Waals surface area contributed by atoms with E-state index in [1.54, 1.807) is 6.08 Å². The van der Waals surface area contributed by atoms with Crippen LogP contribution in [0, 0.1) is 56.7 Å². The first-order valence-corrected chi connectivity index (χ1v) is 14.9. The Morgan fingerprint density at radius 2 is 1.73 bits per heavy atom. The van der Waals surface area contributed by atoms with Crippen molar-refractivity contribution in [2.75, 3.05) is 13.2 Å². The quantitative estimate of drug-likeness (QED) is 0.322. The van der Waals surface area contributed by atoms with Gasteiger partial charge in [-0.25, -0.2) is 0 Å². The van der Waals surface area contributed by atoms with Gasteiger partial charge in [0.1, 0.15) is 12.4 Å². The molecule has 0 amide bonds. The molecule has 1 N–H and O–H groups in total. The highest BCUT2D eigenvalue weighted by Gasteiger charge is 2.72. The van der Waals surface area contributed by atoms with Gasteiger partial charge in [-0.2, -0.15) is 0 Å². The first-order chi connectivity index (χ1) is 17.4. The minimum atomic E-state index is -0.612. The van der Waals surface area contributed by atoms with Crippen molar-refractivity contribution in [3.05, 3.63) is 24.8 Å². The predicted molar refractivity (Wildman–Crippen MR) is 147 cm³/mol. The van der Waals surface area contributed by atoms with Crippen LogP contribution in [0.1, 0.15) is 98.8 Å². The van der Waals surface area contributed by atoms with Crippen LogP contribution in [0.15, 0.2) is 24.8 Å². The minimum Gasteiger partial charge on any atom is -0.461 e. The number of ether oxygens (including phenoxy) is 1. The zero-order chi connectivity index (χ0) is 27.0. The van der Waals surface area contributed by atoms with E-state index in [1.165, 1.54) is 5.57 Å². The Hall–Kier alpha value is -1.42. The summed E-state index contributed by atoms with van der Waals surface area (Å²) in [6.07, 6.45) is 11.5. The minimum absolute atomic E-state index is 0.00403. The highest BCUT2D eigenvalue weighted by Crippen LogP contribution is 2.77. The molecule has 0 aliphatic heterocycles. The number of carbonyl (C=O) groups is 2. The van der Waals surface area contributed by atoms with E-state index in [1.807, 2.05) is 6.92 Å². The first-order valence-electron chi connectivity index (χ1n) is 14.9. The van der Waals surface area contributed by atoms with Crippen molar-refractivity contribution in [3.63, 3.8) is 0 Å². The van der Waals surface area contributed by atoms with Crippen molar-refractivity contribution >= 4 is 11.8 Å². The predicted octanol–water partition coefficient (Wildman–Crippen LogP) is 6.91. The molecule has 0 saturated heterocycles. The van der Waals surface area contributed by atoms with E-state index in [0.29, 0.717) is 30.1 Å². The van der Waals surface area contributed by atoms with Gasteiger partial charge in [0.15, 0.2) is 0 Å². The summed E-state index contributed by atoms with van der Waals surface area (Å²) in [6, 6.07) is 0. The zero-order valence-electron chi connectivity index (χ0n) is 24.0. The normalized spacial score (nSPS) is 50.8. The lowest BCUT2D eigenvalue weighted by atomic mass is 9.32. The van der Waals surface area contributed by atoms with Crippen LogP contribution in [0.2, 0.25) is 0 Å². The fourth-order valence-electron chi connectivity index (χ4n) is 11.6. The van der Waals surface area contributed by atoms with E-state index in [-0.39, 0.29) is 47.1 Å². The van der Waals surface area contributed by atoms with Gasteiger partial charge in [0.2, 0.25) is 0 Å². The van der Waals surface area contributed by atoms with E-state index in [2.05, 4.69) is 40.9 Å².